The smallest absolute Gasteiger partial charge is 0.350 e. The van der Waals surface area contributed by atoms with E-state index in [4.69, 9.17) is 5.10 Å². The van der Waals surface area contributed by atoms with Gasteiger partial charge in [-0.25, -0.2) is 19.6 Å². The molecule has 0 radical (unpaired) electrons. The molecule has 186 valence electrons. The number of pyridine rings is 1. The van der Waals surface area contributed by atoms with Crippen molar-refractivity contribution in [3.05, 3.63) is 69.5 Å². The quantitative estimate of drug-likeness (QED) is 0.464. The Labute approximate surface area is 203 Å². The summed E-state index contributed by atoms with van der Waals surface area (Å²) < 4.78 is 42.2. The number of rotatable bonds is 4. The lowest BCUT2D eigenvalue weighted by Gasteiger charge is -2.29. The average molecular weight is 496 g/mol. The summed E-state index contributed by atoms with van der Waals surface area (Å²) in [5, 5.41) is 4.71. The molecule has 5 heterocycles. The summed E-state index contributed by atoms with van der Waals surface area (Å²) in [5.74, 6) is 1.15. The summed E-state index contributed by atoms with van der Waals surface area (Å²) in [6, 6.07) is 3.50. The van der Waals surface area contributed by atoms with Crippen LogP contribution in [0.3, 0.4) is 0 Å². The molecule has 0 amide bonds. The summed E-state index contributed by atoms with van der Waals surface area (Å²) >= 11 is 0. The molecule has 1 saturated carbocycles. The molecular weight excluding hydrogens is 473 g/mol. The van der Waals surface area contributed by atoms with E-state index < -0.39 is 11.9 Å². The van der Waals surface area contributed by atoms with Gasteiger partial charge in [-0.1, -0.05) is 0 Å². The maximum atomic E-state index is 13.0. The van der Waals surface area contributed by atoms with Gasteiger partial charge < -0.3 is 14.5 Å². The summed E-state index contributed by atoms with van der Waals surface area (Å²) in [7, 11) is 1.52. The predicted molar refractivity (Wildman–Crippen MR) is 125 cm³/mol. The molecule has 0 saturated heterocycles. The lowest BCUT2D eigenvalue weighted by atomic mass is 10.0. The number of halogens is 3. The van der Waals surface area contributed by atoms with E-state index in [1.54, 1.807) is 16.8 Å². The standard InChI is InChI=1S/C24H23F3N8O/c1-13-16-7-8-34(10-17(16)35(32-13)21-20(14-3-4-14)29-12-30-23(21)36)19-6-5-15(9-28-19)22-31-18(11-33(22)2)24(25,26)27/h5-6,9,11-12,14H,3-4,7-8,10H2,1-2H3,(H,29,30,36). The van der Waals surface area contributed by atoms with Crippen LogP contribution in [-0.4, -0.2) is 40.8 Å². The summed E-state index contributed by atoms with van der Waals surface area (Å²) in [6.07, 6.45) is 2.19. The van der Waals surface area contributed by atoms with E-state index in [1.165, 1.54) is 24.1 Å². The van der Waals surface area contributed by atoms with Crippen LogP contribution in [-0.2, 0) is 26.2 Å². The van der Waals surface area contributed by atoms with E-state index in [9.17, 15) is 18.0 Å². The van der Waals surface area contributed by atoms with Crippen molar-refractivity contribution in [1.29, 1.82) is 0 Å². The first-order chi connectivity index (χ1) is 17.2. The van der Waals surface area contributed by atoms with Crippen molar-refractivity contribution in [2.45, 2.75) is 44.8 Å². The zero-order chi connectivity index (χ0) is 25.2. The minimum atomic E-state index is -4.51. The Kier molecular flexibility index (Phi) is 5.02. The zero-order valence-corrected chi connectivity index (χ0v) is 19.7. The minimum absolute atomic E-state index is 0.194. The van der Waals surface area contributed by atoms with E-state index in [0.29, 0.717) is 30.2 Å². The SMILES string of the molecule is Cc1nn(-c2c(C3CC3)nc[nH]c2=O)c2c1CCN(c1ccc(-c3nc(C(F)(F)F)cn3C)cn1)C2. The number of alkyl halides is 3. The molecular formula is C24H23F3N8O. The zero-order valence-electron chi connectivity index (χ0n) is 19.7. The van der Waals surface area contributed by atoms with Gasteiger partial charge in [-0.15, -0.1) is 0 Å². The number of fused-ring (bicyclic) bond motifs is 1. The third kappa shape index (κ3) is 3.76. The van der Waals surface area contributed by atoms with Crippen LogP contribution in [0, 0.1) is 6.92 Å². The molecule has 4 aromatic heterocycles. The molecule has 2 aliphatic rings. The molecule has 1 fully saturated rings. The van der Waals surface area contributed by atoms with Crippen LogP contribution in [0.25, 0.3) is 17.1 Å². The fraction of sp³-hybridized carbons (Fsp3) is 0.375. The average Bonchev–Trinajstić information content (AvgIpc) is 3.54. The molecule has 1 N–H and O–H groups in total. The Bertz CT molecular complexity index is 1510. The molecule has 1 aliphatic carbocycles. The van der Waals surface area contributed by atoms with Gasteiger partial charge in [0.15, 0.2) is 11.4 Å². The van der Waals surface area contributed by atoms with Crippen molar-refractivity contribution in [3.8, 4) is 17.1 Å². The molecule has 1 aliphatic heterocycles. The number of aromatic nitrogens is 7. The van der Waals surface area contributed by atoms with Gasteiger partial charge in [0, 0.05) is 43.0 Å². The van der Waals surface area contributed by atoms with Crippen LogP contribution < -0.4 is 10.5 Å². The Hall–Kier alpha value is -3.96. The van der Waals surface area contributed by atoms with Crippen LogP contribution in [0.2, 0.25) is 0 Å². The van der Waals surface area contributed by atoms with E-state index >= 15 is 0 Å². The van der Waals surface area contributed by atoms with Crippen LogP contribution >= 0.6 is 0 Å². The maximum absolute atomic E-state index is 13.0. The van der Waals surface area contributed by atoms with Crippen LogP contribution in [0.15, 0.2) is 35.6 Å². The lowest BCUT2D eigenvalue weighted by molar-refractivity contribution is -0.140. The number of aromatic amines is 1. The second-order valence-electron chi connectivity index (χ2n) is 9.30. The van der Waals surface area contributed by atoms with Crippen LogP contribution in [0.1, 0.15) is 47.1 Å². The van der Waals surface area contributed by atoms with Gasteiger partial charge in [-0.05, 0) is 38.3 Å². The normalized spacial score (nSPS) is 15.9. The molecule has 6 rings (SSSR count). The second kappa shape index (κ2) is 8.04. The number of nitrogens with zero attached hydrogens (tertiary/aromatic N) is 7. The molecule has 12 heteroatoms. The highest BCUT2D eigenvalue weighted by atomic mass is 19.4. The van der Waals surface area contributed by atoms with E-state index in [0.717, 1.165) is 48.1 Å². The van der Waals surface area contributed by atoms with Crippen molar-refractivity contribution in [3.63, 3.8) is 0 Å². The first-order valence-electron chi connectivity index (χ1n) is 11.7. The minimum Gasteiger partial charge on any atom is -0.350 e. The van der Waals surface area contributed by atoms with Gasteiger partial charge in [-0.2, -0.15) is 18.3 Å². The Balaban J connectivity index is 1.32. The van der Waals surface area contributed by atoms with Gasteiger partial charge in [0.25, 0.3) is 5.56 Å². The number of H-pyrrole nitrogens is 1. The van der Waals surface area contributed by atoms with Crippen molar-refractivity contribution in [2.24, 2.45) is 7.05 Å². The monoisotopic (exact) mass is 496 g/mol. The molecule has 0 unspecified atom stereocenters. The van der Waals surface area contributed by atoms with Crippen molar-refractivity contribution < 1.29 is 13.2 Å². The first-order valence-corrected chi connectivity index (χ1v) is 11.7. The third-order valence-electron chi connectivity index (χ3n) is 6.79. The maximum Gasteiger partial charge on any atom is 0.434 e. The molecule has 9 nitrogen and oxygen atoms in total. The predicted octanol–water partition coefficient (Wildman–Crippen LogP) is 3.52. The Morgan fingerprint density at radius 1 is 1.17 bits per heavy atom. The first kappa shape index (κ1) is 22.5. The number of hydrogen-bond acceptors (Lipinski definition) is 6. The number of anilines is 1. The van der Waals surface area contributed by atoms with Gasteiger partial charge in [-0.3, -0.25) is 4.79 Å². The third-order valence-corrected chi connectivity index (χ3v) is 6.79. The van der Waals surface area contributed by atoms with Crippen molar-refractivity contribution in [1.82, 2.24) is 34.3 Å². The van der Waals surface area contributed by atoms with Crippen molar-refractivity contribution in [2.75, 3.05) is 11.4 Å². The number of imidazole rings is 1. The van der Waals surface area contributed by atoms with Gasteiger partial charge in [0.2, 0.25) is 0 Å². The Morgan fingerprint density at radius 3 is 2.64 bits per heavy atom. The summed E-state index contributed by atoms with van der Waals surface area (Å²) in [6.45, 7) is 3.13. The molecule has 0 bridgehead atoms. The van der Waals surface area contributed by atoms with E-state index in [2.05, 4.69) is 24.8 Å². The second-order valence-corrected chi connectivity index (χ2v) is 9.30. The highest BCUT2D eigenvalue weighted by molar-refractivity contribution is 5.58. The van der Waals surface area contributed by atoms with E-state index in [-0.39, 0.29) is 17.3 Å². The van der Waals surface area contributed by atoms with Gasteiger partial charge >= 0.3 is 6.18 Å². The molecule has 36 heavy (non-hydrogen) atoms. The summed E-state index contributed by atoms with van der Waals surface area (Å²) in [5.41, 5.74) is 3.50. The van der Waals surface area contributed by atoms with Gasteiger partial charge in [0.05, 0.1) is 30.0 Å². The fourth-order valence-corrected chi connectivity index (χ4v) is 4.83. The van der Waals surface area contributed by atoms with E-state index in [1.807, 2.05) is 6.92 Å². The highest BCUT2D eigenvalue weighted by Crippen LogP contribution is 2.41. The fourth-order valence-electron chi connectivity index (χ4n) is 4.83. The number of hydrogen-bond donors (Lipinski definition) is 1. The van der Waals surface area contributed by atoms with Crippen LogP contribution in [0.4, 0.5) is 19.0 Å². The summed E-state index contributed by atoms with van der Waals surface area (Å²) in [4.78, 5) is 30.3. The highest BCUT2D eigenvalue weighted by Gasteiger charge is 2.35. The largest absolute Gasteiger partial charge is 0.434 e. The molecule has 0 spiro atoms. The topological polar surface area (TPSA) is 97.5 Å². The number of aryl methyl sites for hydroxylation is 2. The lowest BCUT2D eigenvalue weighted by Crippen LogP contribution is -2.33. The van der Waals surface area contributed by atoms with Crippen LogP contribution in [0.5, 0.6) is 0 Å². The molecule has 0 aromatic carbocycles. The van der Waals surface area contributed by atoms with Crippen molar-refractivity contribution >= 4 is 5.82 Å². The number of nitrogens with one attached hydrogen (secondary N) is 1. The Morgan fingerprint density at radius 2 is 1.97 bits per heavy atom. The molecule has 0 atom stereocenters. The molecule has 4 aromatic rings. The van der Waals surface area contributed by atoms with Gasteiger partial charge in [0.1, 0.15) is 11.6 Å².